The molecule has 3 aliphatic carbocycles. The van der Waals surface area contributed by atoms with Crippen LogP contribution in [0.4, 0.5) is 0 Å². The van der Waals surface area contributed by atoms with E-state index < -0.39 is 0 Å². The van der Waals surface area contributed by atoms with Crippen molar-refractivity contribution in [1.29, 1.82) is 0 Å². The maximum absolute atomic E-state index is 3.93. The van der Waals surface area contributed by atoms with Crippen molar-refractivity contribution >= 4 is 14.9 Å². The first-order valence-corrected chi connectivity index (χ1v) is 17.2. The third-order valence-corrected chi connectivity index (χ3v) is 11.5. The Labute approximate surface area is 281 Å². The van der Waals surface area contributed by atoms with Gasteiger partial charge in [0.1, 0.15) is 0 Å². The van der Waals surface area contributed by atoms with Crippen LogP contribution in [0, 0.1) is 17.8 Å². The van der Waals surface area contributed by atoms with E-state index in [0.717, 1.165) is 6.42 Å². The fourth-order valence-electron chi connectivity index (χ4n) is 6.96. The Hall–Kier alpha value is -2.89. The first-order valence-electron chi connectivity index (χ1n) is 15.9. The zero-order valence-corrected chi connectivity index (χ0v) is 30.8. The molecule has 0 spiro atoms. The van der Waals surface area contributed by atoms with E-state index in [0.29, 0.717) is 0 Å². The average molecular weight is 655 g/mol. The maximum atomic E-state index is 3.93. The standard InChI is InChI=1S/C30H37.C13H10.Zr/c1-18-15-23(28(4,5)6)16-22-17-24-26(25(18)22)19(2)20(3)30(10,29(7,8)9)27(24)21-13-11-12-14-21;1-3-7-12(8-4-1)11-13-9-5-2-6-10-13;/h11-13,15-16H,14H2,1-10H3;1-10H;/q-1;;. The molecular weight excluding hydrogens is 608 g/mol. The second kappa shape index (κ2) is 12.1. The molecule has 3 aromatic rings. The molecule has 0 aliphatic heterocycles. The summed E-state index contributed by atoms with van der Waals surface area (Å²) in [5.74, 6) is 0. The third kappa shape index (κ3) is 5.78. The van der Waals surface area contributed by atoms with Gasteiger partial charge in [0.05, 0.1) is 0 Å². The number of aryl methyl sites for hydroxylation is 1. The predicted octanol–water partition coefficient (Wildman–Crippen LogP) is 9.50. The van der Waals surface area contributed by atoms with Gasteiger partial charge in [0.25, 0.3) is 0 Å². The molecule has 3 aliphatic rings. The summed E-state index contributed by atoms with van der Waals surface area (Å²) in [5, 5.41) is 2.68. The minimum atomic E-state index is -0.0242. The van der Waals surface area contributed by atoms with Crippen LogP contribution in [0.25, 0.3) is 11.6 Å². The number of benzene rings is 3. The molecule has 1 unspecified atom stereocenters. The molecule has 3 aromatic carbocycles. The summed E-state index contributed by atoms with van der Waals surface area (Å²) in [6.45, 7) is 23.5. The molecule has 224 valence electrons. The van der Waals surface area contributed by atoms with Crippen molar-refractivity contribution in [2.24, 2.45) is 10.8 Å². The normalized spacial score (nSPS) is 19.2. The Kier molecular flexibility index (Phi) is 8.96. The molecule has 0 heterocycles. The first-order chi connectivity index (χ1) is 20.7. The third-order valence-electron chi connectivity index (χ3n) is 10.1. The van der Waals surface area contributed by atoms with Crippen LogP contribution in [0.5, 0.6) is 0 Å². The van der Waals surface area contributed by atoms with Gasteiger partial charge in [0, 0.05) is 0 Å². The molecule has 0 N–H and O–H groups in total. The van der Waals surface area contributed by atoms with Gasteiger partial charge in [-0.1, -0.05) is 106 Å². The van der Waals surface area contributed by atoms with Crippen molar-refractivity contribution in [2.45, 2.75) is 81.1 Å². The summed E-state index contributed by atoms with van der Waals surface area (Å²) in [5.41, 5.74) is 14.3. The molecule has 1 heteroatoms. The molecule has 0 aromatic heterocycles. The SMILES string of the molecule is CC1=C(C)C(C)(C(C)(C)C)C(C2=CC=CC2)=C2[C-]=c3cc(C(C)(C)C)cc(C)c3=C12.[Zr]=[C](c1ccccc1)c1ccccc1. The number of hydrogen-bond acceptors (Lipinski definition) is 0. The Morgan fingerprint density at radius 1 is 0.818 bits per heavy atom. The van der Waals surface area contributed by atoms with E-state index in [2.05, 4.69) is 166 Å². The minimum absolute atomic E-state index is 0.0242. The van der Waals surface area contributed by atoms with Gasteiger partial charge in [-0.05, 0) is 43.4 Å². The Morgan fingerprint density at radius 2 is 1.39 bits per heavy atom. The topological polar surface area (TPSA) is 0 Å². The van der Waals surface area contributed by atoms with E-state index in [1.807, 2.05) is 0 Å². The second-order valence-corrected chi connectivity index (χ2v) is 16.0. The van der Waals surface area contributed by atoms with Crippen molar-refractivity contribution in [3.63, 3.8) is 0 Å². The summed E-state index contributed by atoms with van der Waals surface area (Å²) in [6, 6.07) is 25.9. The molecule has 6 rings (SSSR count). The number of hydrogen-bond donors (Lipinski definition) is 0. The Morgan fingerprint density at radius 3 is 1.86 bits per heavy atom. The van der Waals surface area contributed by atoms with E-state index in [4.69, 9.17) is 0 Å². The summed E-state index contributed by atoms with van der Waals surface area (Å²) in [4.78, 5) is 0. The molecule has 0 saturated carbocycles. The molecule has 0 fully saturated rings. The van der Waals surface area contributed by atoms with Gasteiger partial charge in [0.15, 0.2) is 0 Å². The van der Waals surface area contributed by atoms with Crippen molar-refractivity contribution in [1.82, 2.24) is 0 Å². The number of allylic oxidation sites excluding steroid dienone is 8. The van der Waals surface area contributed by atoms with Crippen molar-refractivity contribution in [3.8, 4) is 0 Å². The van der Waals surface area contributed by atoms with Crippen LogP contribution >= 0.6 is 0 Å². The van der Waals surface area contributed by atoms with Crippen LogP contribution in [0.1, 0.15) is 91.0 Å². The molecule has 0 saturated heterocycles. The van der Waals surface area contributed by atoms with Crippen LogP contribution in [-0.2, 0) is 29.7 Å². The van der Waals surface area contributed by atoms with Crippen LogP contribution in [0.15, 0.2) is 119 Å². The first kappa shape index (κ1) is 32.5. The number of fused-ring (bicyclic) bond motifs is 2. The molecule has 0 amide bonds. The molecule has 44 heavy (non-hydrogen) atoms. The molecule has 1 atom stereocenters. The van der Waals surface area contributed by atoms with Gasteiger partial charge in [-0.15, -0.1) is 33.7 Å². The molecule has 0 bridgehead atoms. The van der Waals surface area contributed by atoms with Crippen molar-refractivity contribution < 1.29 is 24.2 Å². The van der Waals surface area contributed by atoms with Crippen LogP contribution in [-0.4, -0.2) is 3.21 Å². The van der Waals surface area contributed by atoms with E-state index >= 15 is 0 Å². The van der Waals surface area contributed by atoms with E-state index in [1.54, 1.807) is 0 Å². The fourth-order valence-corrected chi connectivity index (χ4v) is 7.78. The predicted molar refractivity (Wildman–Crippen MR) is 187 cm³/mol. The molecular formula is C43H47Zr-. The van der Waals surface area contributed by atoms with Gasteiger partial charge in [0.2, 0.25) is 0 Å². The summed E-state index contributed by atoms with van der Waals surface area (Å²) >= 11 is 1.46. The van der Waals surface area contributed by atoms with Gasteiger partial charge < -0.3 is 0 Å². The number of rotatable bonds is 3. The Balaban J connectivity index is 0.000000229. The summed E-state index contributed by atoms with van der Waals surface area (Å²) in [7, 11) is 0. The van der Waals surface area contributed by atoms with Gasteiger partial charge in [-0.2, -0.15) is 0 Å². The zero-order chi connectivity index (χ0) is 32.0. The van der Waals surface area contributed by atoms with Gasteiger partial charge >= 0.3 is 99.2 Å². The van der Waals surface area contributed by atoms with Crippen molar-refractivity contribution in [3.05, 3.63) is 152 Å². The summed E-state index contributed by atoms with van der Waals surface area (Å²) < 4.78 is 1.42. The molecule has 0 nitrogen and oxygen atoms in total. The van der Waals surface area contributed by atoms with Crippen LogP contribution < -0.4 is 10.4 Å². The monoisotopic (exact) mass is 653 g/mol. The summed E-state index contributed by atoms with van der Waals surface area (Å²) in [6.07, 6.45) is 11.8. The van der Waals surface area contributed by atoms with Crippen LogP contribution in [0.3, 0.4) is 0 Å². The molecule has 0 radical (unpaired) electrons. The average Bonchev–Trinajstić information content (AvgIpc) is 3.65. The van der Waals surface area contributed by atoms with Gasteiger partial charge in [-0.25, -0.2) is 0 Å². The Bertz CT molecular complexity index is 1820. The van der Waals surface area contributed by atoms with Crippen LogP contribution in [0.2, 0.25) is 0 Å². The van der Waals surface area contributed by atoms with E-state index in [-0.39, 0.29) is 16.2 Å². The van der Waals surface area contributed by atoms with E-state index in [9.17, 15) is 0 Å². The second-order valence-electron chi connectivity index (χ2n) is 14.8. The quantitative estimate of drug-likeness (QED) is 0.247. The zero-order valence-electron chi connectivity index (χ0n) is 28.4. The fraction of sp³-hybridized carbons (Fsp3) is 0.326. The van der Waals surface area contributed by atoms with Crippen molar-refractivity contribution in [2.75, 3.05) is 0 Å². The van der Waals surface area contributed by atoms with E-state index in [1.165, 1.54) is 93.6 Å². The van der Waals surface area contributed by atoms with Gasteiger partial charge in [-0.3, -0.25) is 0 Å².